The molecule has 3 heterocycles. The number of hydrogen-bond donors (Lipinski definition) is 2. The van der Waals surface area contributed by atoms with E-state index in [0.29, 0.717) is 24.4 Å². The van der Waals surface area contributed by atoms with E-state index in [1.54, 1.807) is 29.4 Å². The molecule has 1 aliphatic carbocycles. The summed E-state index contributed by atoms with van der Waals surface area (Å²) in [5.41, 5.74) is 6.61. The van der Waals surface area contributed by atoms with Crippen LogP contribution in [0.5, 0.6) is 0 Å². The number of rotatable bonds is 8. The highest BCUT2D eigenvalue weighted by atomic mass is 32.1. The van der Waals surface area contributed by atoms with Gasteiger partial charge in [0.2, 0.25) is 5.91 Å². The molecule has 2 amide bonds. The molecule has 8 heteroatoms. The summed E-state index contributed by atoms with van der Waals surface area (Å²) in [6.45, 7) is 9.03. The lowest BCUT2D eigenvalue weighted by Gasteiger charge is -2.43. The van der Waals surface area contributed by atoms with Crippen molar-refractivity contribution < 1.29 is 9.59 Å². The monoisotopic (exact) mass is 511 g/mol. The summed E-state index contributed by atoms with van der Waals surface area (Å²) < 4.78 is 0. The molecule has 1 saturated carbocycles. The van der Waals surface area contributed by atoms with Crippen LogP contribution in [0.3, 0.4) is 0 Å². The molecule has 196 valence electrons. The highest BCUT2D eigenvalue weighted by Gasteiger charge is 2.39. The Hall–Kier alpha value is -2.29. The number of pyridine rings is 1. The molecule has 2 aliphatic rings. The minimum absolute atomic E-state index is 0.0334. The van der Waals surface area contributed by atoms with E-state index in [4.69, 9.17) is 5.73 Å². The van der Waals surface area contributed by atoms with Crippen molar-refractivity contribution >= 4 is 23.2 Å². The van der Waals surface area contributed by atoms with E-state index < -0.39 is 6.04 Å². The number of nitrogens with two attached hydrogens (primary N) is 1. The number of carbonyl (C=O) groups is 2. The summed E-state index contributed by atoms with van der Waals surface area (Å²) in [5, 5.41) is 3.28. The topological polar surface area (TPSA) is 91.6 Å². The van der Waals surface area contributed by atoms with E-state index in [-0.39, 0.29) is 29.9 Å². The maximum absolute atomic E-state index is 13.7. The number of thiophene rings is 1. The van der Waals surface area contributed by atoms with Crippen molar-refractivity contribution in [1.82, 2.24) is 20.1 Å². The quantitative estimate of drug-likeness (QED) is 0.560. The van der Waals surface area contributed by atoms with Gasteiger partial charge in [-0.3, -0.25) is 19.5 Å². The van der Waals surface area contributed by atoms with E-state index in [2.05, 4.69) is 48.1 Å². The van der Waals surface area contributed by atoms with Gasteiger partial charge in [0.15, 0.2) is 0 Å². The Labute approximate surface area is 219 Å². The van der Waals surface area contributed by atoms with Gasteiger partial charge in [-0.05, 0) is 75.6 Å². The van der Waals surface area contributed by atoms with E-state index in [0.717, 1.165) is 45.2 Å². The third kappa shape index (κ3) is 6.93. The SMILES string of the molecule is Cc1ccc(CN(CC(C)C)C2CCN(C(=O)c3cccnc3)[C@@H](C(=O)NC3CCC(N)CC3)C2)s1. The van der Waals surface area contributed by atoms with Gasteiger partial charge in [-0.15, -0.1) is 11.3 Å². The Bertz CT molecular complexity index is 1000. The molecule has 0 bridgehead atoms. The molecular formula is C28H41N5O2S. The molecule has 7 nitrogen and oxygen atoms in total. The molecule has 2 aromatic rings. The molecule has 2 aromatic heterocycles. The first-order valence-electron chi connectivity index (χ1n) is 13.4. The molecule has 0 spiro atoms. The fourth-order valence-electron chi connectivity index (χ4n) is 5.57. The lowest BCUT2D eigenvalue weighted by atomic mass is 9.90. The molecule has 2 atom stereocenters. The first-order valence-corrected chi connectivity index (χ1v) is 14.2. The van der Waals surface area contributed by atoms with Crippen LogP contribution in [-0.4, -0.2) is 63.9 Å². The van der Waals surface area contributed by atoms with Crippen molar-refractivity contribution in [2.24, 2.45) is 11.7 Å². The predicted octanol–water partition coefficient (Wildman–Crippen LogP) is 3.97. The number of aryl methyl sites for hydroxylation is 1. The van der Waals surface area contributed by atoms with Crippen molar-refractivity contribution in [3.8, 4) is 0 Å². The number of aromatic nitrogens is 1. The maximum Gasteiger partial charge on any atom is 0.256 e. The third-order valence-electron chi connectivity index (χ3n) is 7.44. The van der Waals surface area contributed by atoms with Crippen LogP contribution in [0.4, 0.5) is 0 Å². The predicted molar refractivity (Wildman–Crippen MR) is 145 cm³/mol. The Kier molecular flexibility index (Phi) is 9.14. The average Bonchev–Trinajstić information content (AvgIpc) is 3.29. The van der Waals surface area contributed by atoms with Crippen molar-refractivity contribution in [3.63, 3.8) is 0 Å². The van der Waals surface area contributed by atoms with Crippen molar-refractivity contribution in [3.05, 3.63) is 52.0 Å². The van der Waals surface area contributed by atoms with Gasteiger partial charge in [0.25, 0.3) is 5.91 Å². The molecular weight excluding hydrogens is 470 g/mol. The van der Waals surface area contributed by atoms with Crippen LogP contribution in [0.15, 0.2) is 36.7 Å². The smallest absolute Gasteiger partial charge is 0.256 e. The van der Waals surface area contributed by atoms with E-state index in [1.165, 1.54) is 9.75 Å². The van der Waals surface area contributed by atoms with Gasteiger partial charge >= 0.3 is 0 Å². The van der Waals surface area contributed by atoms with Crippen LogP contribution in [0, 0.1) is 12.8 Å². The summed E-state index contributed by atoms with van der Waals surface area (Å²) in [7, 11) is 0. The molecule has 1 unspecified atom stereocenters. The third-order valence-corrected chi connectivity index (χ3v) is 8.42. The zero-order chi connectivity index (χ0) is 25.7. The van der Waals surface area contributed by atoms with Crippen LogP contribution in [0.25, 0.3) is 0 Å². The first-order chi connectivity index (χ1) is 17.3. The van der Waals surface area contributed by atoms with Crippen molar-refractivity contribution in [1.29, 1.82) is 0 Å². The lowest BCUT2D eigenvalue weighted by molar-refractivity contribution is -0.128. The second-order valence-electron chi connectivity index (χ2n) is 10.9. The minimum atomic E-state index is -0.494. The van der Waals surface area contributed by atoms with Gasteiger partial charge in [0.05, 0.1) is 5.56 Å². The van der Waals surface area contributed by atoms with Crippen LogP contribution >= 0.6 is 11.3 Å². The summed E-state index contributed by atoms with van der Waals surface area (Å²) in [4.78, 5) is 38.3. The zero-order valence-corrected chi connectivity index (χ0v) is 22.7. The molecule has 2 fully saturated rings. The molecule has 0 aromatic carbocycles. The van der Waals surface area contributed by atoms with Gasteiger partial charge in [0, 0.05) is 59.9 Å². The number of amides is 2. The number of carbonyl (C=O) groups excluding carboxylic acids is 2. The fraction of sp³-hybridized carbons (Fsp3) is 0.607. The van der Waals surface area contributed by atoms with Crippen molar-refractivity contribution in [2.75, 3.05) is 13.1 Å². The fourth-order valence-corrected chi connectivity index (χ4v) is 6.48. The highest BCUT2D eigenvalue weighted by Crippen LogP contribution is 2.28. The van der Waals surface area contributed by atoms with Gasteiger partial charge < -0.3 is 16.0 Å². The second kappa shape index (κ2) is 12.3. The van der Waals surface area contributed by atoms with Gasteiger partial charge in [0.1, 0.15) is 6.04 Å². The lowest BCUT2D eigenvalue weighted by Crippen LogP contribution is -2.58. The number of piperidine rings is 1. The van der Waals surface area contributed by atoms with Crippen LogP contribution in [0.2, 0.25) is 0 Å². The molecule has 1 saturated heterocycles. The van der Waals surface area contributed by atoms with Crippen LogP contribution in [0.1, 0.15) is 72.5 Å². The molecule has 1 aliphatic heterocycles. The van der Waals surface area contributed by atoms with E-state index >= 15 is 0 Å². The summed E-state index contributed by atoms with van der Waals surface area (Å²) in [6.07, 6.45) is 8.41. The van der Waals surface area contributed by atoms with Crippen molar-refractivity contribution in [2.45, 2.75) is 90.0 Å². The van der Waals surface area contributed by atoms with Crippen LogP contribution in [-0.2, 0) is 11.3 Å². The Morgan fingerprint density at radius 1 is 1.19 bits per heavy atom. The summed E-state index contributed by atoms with van der Waals surface area (Å²) in [6, 6.07) is 8.05. The number of nitrogens with zero attached hydrogens (tertiary/aromatic N) is 3. The zero-order valence-electron chi connectivity index (χ0n) is 21.9. The first kappa shape index (κ1) is 26.8. The number of likely N-dealkylation sites (tertiary alicyclic amines) is 1. The number of hydrogen-bond acceptors (Lipinski definition) is 6. The molecule has 3 N–H and O–H groups in total. The largest absolute Gasteiger partial charge is 0.352 e. The maximum atomic E-state index is 13.7. The molecule has 36 heavy (non-hydrogen) atoms. The van der Waals surface area contributed by atoms with Gasteiger partial charge in [-0.25, -0.2) is 0 Å². The normalized spacial score (nSPS) is 24.8. The average molecular weight is 512 g/mol. The summed E-state index contributed by atoms with van der Waals surface area (Å²) in [5.74, 6) is 0.366. The van der Waals surface area contributed by atoms with E-state index in [9.17, 15) is 9.59 Å². The van der Waals surface area contributed by atoms with Crippen LogP contribution < -0.4 is 11.1 Å². The Morgan fingerprint density at radius 3 is 2.61 bits per heavy atom. The highest BCUT2D eigenvalue weighted by molar-refractivity contribution is 7.11. The number of nitrogens with one attached hydrogen (secondary N) is 1. The van der Waals surface area contributed by atoms with E-state index in [1.807, 2.05) is 11.3 Å². The Morgan fingerprint density at radius 2 is 1.97 bits per heavy atom. The molecule has 0 radical (unpaired) electrons. The Balaban J connectivity index is 1.53. The van der Waals surface area contributed by atoms with Gasteiger partial charge in [-0.1, -0.05) is 13.8 Å². The standard InChI is InChI=1S/C28H41N5O2S/c1-19(2)17-32(18-25-11-6-20(3)36-25)24-12-14-33(28(35)21-5-4-13-30-16-21)26(15-24)27(34)31-23-9-7-22(29)8-10-23/h4-6,11,13,16,19,22-24,26H,7-10,12,14-15,17-18,29H2,1-3H3,(H,31,34)/t22?,23?,24?,26-/m1/s1. The van der Waals surface area contributed by atoms with Gasteiger partial charge in [-0.2, -0.15) is 0 Å². The summed E-state index contributed by atoms with van der Waals surface area (Å²) >= 11 is 1.84. The molecule has 4 rings (SSSR count). The second-order valence-corrected chi connectivity index (χ2v) is 12.3. The minimum Gasteiger partial charge on any atom is -0.352 e.